The van der Waals surface area contributed by atoms with Gasteiger partial charge in [0, 0.05) is 6.42 Å². The number of nitrogens with zero attached hydrogens (tertiary/aromatic N) is 2. The highest BCUT2D eigenvalue weighted by Crippen LogP contribution is 2.31. The number of ether oxygens (including phenoxy) is 1. The van der Waals surface area contributed by atoms with E-state index in [0.29, 0.717) is 6.42 Å². The molecule has 0 saturated carbocycles. The fraction of sp³-hybridized carbons (Fsp3) is 0.429. The number of rotatable bonds is 3. The Morgan fingerprint density at radius 2 is 2.05 bits per heavy atom. The molecular formula is C14H13F3N2O3. The normalized spacial score (nSPS) is 21.5. The summed E-state index contributed by atoms with van der Waals surface area (Å²) in [6.07, 6.45) is -5.64. The van der Waals surface area contributed by atoms with Crippen LogP contribution in [0.25, 0.3) is 0 Å². The molecule has 0 radical (unpaired) electrons. The van der Waals surface area contributed by atoms with Crippen LogP contribution in [0.1, 0.15) is 18.4 Å². The summed E-state index contributed by atoms with van der Waals surface area (Å²) in [4.78, 5) is 12.2. The average Bonchev–Trinajstić information content (AvgIpc) is 2.82. The van der Waals surface area contributed by atoms with E-state index in [0.717, 1.165) is 17.0 Å². The third-order valence-corrected chi connectivity index (χ3v) is 3.43. The Labute approximate surface area is 124 Å². The van der Waals surface area contributed by atoms with Crippen LogP contribution >= 0.6 is 0 Å². The molecule has 0 aromatic heterocycles. The number of benzene rings is 1. The minimum Gasteiger partial charge on any atom is -0.489 e. The highest BCUT2D eigenvalue weighted by Gasteiger charge is 2.36. The molecule has 2 atom stereocenters. The Balaban J connectivity index is 2.02. The molecule has 5 nitrogen and oxygen atoms in total. The van der Waals surface area contributed by atoms with Crippen molar-refractivity contribution < 1.29 is 27.8 Å². The molecule has 118 valence electrons. The van der Waals surface area contributed by atoms with Gasteiger partial charge in [0.25, 0.3) is 0 Å². The minimum atomic E-state index is -4.41. The van der Waals surface area contributed by atoms with Crippen molar-refractivity contribution in [2.75, 3.05) is 6.54 Å². The summed E-state index contributed by atoms with van der Waals surface area (Å²) >= 11 is 0. The Hall–Kier alpha value is -2.43. The van der Waals surface area contributed by atoms with E-state index in [2.05, 4.69) is 0 Å². The highest BCUT2D eigenvalue weighted by molar-refractivity contribution is 5.66. The molecule has 0 aliphatic carbocycles. The predicted molar refractivity (Wildman–Crippen MR) is 69.2 cm³/mol. The van der Waals surface area contributed by atoms with Crippen LogP contribution in [0.4, 0.5) is 18.0 Å². The lowest BCUT2D eigenvalue weighted by Crippen LogP contribution is -2.34. The van der Waals surface area contributed by atoms with Gasteiger partial charge >= 0.3 is 12.3 Å². The number of nitriles is 1. The molecule has 0 bridgehead atoms. The fourth-order valence-electron chi connectivity index (χ4n) is 2.41. The van der Waals surface area contributed by atoms with Crippen molar-refractivity contribution in [1.82, 2.24) is 4.90 Å². The number of carboxylic acid groups (broad SMARTS) is 1. The number of alkyl halides is 3. The van der Waals surface area contributed by atoms with Gasteiger partial charge in [-0.25, -0.2) is 4.79 Å². The van der Waals surface area contributed by atoms with Gasteiger partial charge in [-0.15, -0.1) is 0 Å². The van der Waals surface area contributed by atoms with Gasteiger partial charge in [-0.05, 0) is 24.3 Å². The second-order valence-electron chi connectivity index (χ2n) is 4.95. The summed E-state index contributed by atoms with van der Waals surface area (Å²) in [5.74, 6) is 0.237. The van der Waals surface area contributed by atoms with Gasteiger partial charge in [-0.1, -0.05) is 0 Å². The van der Waals surface area contributed by atoms with Crippen LogP contribution in [0.3, 0.4) is 0 Å². The second-order valence-corrected chi connectivity index (χ2v) is 4.95. The first kappa shape index (κ1) is 15.9. The zero-order valence-electron chi connectivity index (χ0n) is 11.4. The molecule has 1 aromatic rings. The Bertz CT molecular complexity index is 580. The molecule has 2 rings (SSSR count). The second kappa shape index (κ2) is 6.13. The van der Waals surface area contributed by atoms with Gasteiger partial charge in [0.2, 0.25) is 0 Å². The van der Waals surface area contributed by atoms with E-state index < -0.39 is 30.0 Å². The van der Waals surface area contributed by atoms with Gasteiger partial charge in [-0.2, -0.15) is 18.4 Å². The molecule has 1 saturated heterocycles. The van der Waals surface area contributed by atoms with Crippen LogP contribution < -0.4 is 4.74 Å². The van der Waals surface area contributed by atoms with E-state index in [4.69, 9.17) is 15.1 Å². The molecule has 1 amide bonds. The maximum absolute atomic E-state index is 12.5. The van der Waals surface area contributed by atoms with Crippen molar-refractivity contribution in [3.63, 3.8) is 0 Å². The van der Waals surface area contributed by atoms with E-state index in [9.17, 15) is 18.0 Å². The smallest absolute Gasteiger partial charge is 0.416 e. The van der Waals surface area contributed by atoms with Crippen LogP contribution in [-0.4, -0.2) is 34.8 Å². The lowest BCUT2D eigenvalue weighted by molar-refractivity contribution is -0.137. The van der Waals surface area contributed by atoms with Crippen molar-refractivity contribution in [2.45, 2.75) is 31.2 Å². The average molecular weight is 314 g/mol. The summed E-state index contributed by atoms with van der Waals surface area (Å²) < 4.78 is 42.9. The molecule has 0 spiro atoms. The van der Waals surface area contributed by atoms with E-state index in [-0.39, 0.29) is 18.7 Å². The number of amides is 1. The SMILES string of the molecule is N#CC[C@@H]1C[C@@H](Oc2ccc(C(F)(F)F)cc2)CN1C(=O)O. The van der Waals surface area contributed by atoms with E-state index in [1.807, 2.05) is 6.07 Å². The molecule has 1 N–H and O–H groups in total. The number of likely N-dealkylation sites (tertiary alicyclic amines) is 1. The lowest BCUT2D eigenvalue weighted by Gasteiger charge is -2.17. The summed E-state index contributed by atoms with van der Waals surface area (Å²) in [5, 5.41) is 17.7. The van der Waals surface area contributed by atoms with Gasteiger partial charge in [-0.3, -0.25) is 0 Å². The van der Waals surface area contributed by atoms with Crippen molar-refractivity contribution in [2.24, 2.45) is 0 Å². The summed E-state index contributed by atoms with van der Waals surface area (Å²) in [6, 6.07) is 5.68. The number of hydrogen-bond acceptors (Lipinski definition) is 3. The van der Waals surface area contributed by atoms with Crippen molar-refractivity contribution in [3.8, 4) is 11.8 Å². The first-order chi connectivity index (χ1) is 10.3. The first-order valence-corrected chi connectivity index (χ1v) is 6.51. The van der Waals surface area contributed by atoms with Crippen LogP contribution in [-0.2, 0) is 6.18 Å². The van der Waals surface area contributed by atoms with E-state index in [1.54, 1.807) is 0 Å². The third-order valence-electron chi connectivity index (χ3n) is 3.43. The Morgan fingerprint density at radius 3 is 2.55 bits per heavy atom. The van der Waals surface area contributed by atoms with Gasteiger partial charge < -0.3 is 14.7 Å². The largest absolute Gasteiger partial charge is 0.489 e. The molecule has 1 fully saturated rings. The summed E-state index contributed by atoms with van der Waals surface area (Å²) in [5.41, 5.74) is -0.777. The van der Waals surface area contributed by atoms with Gasteiger partial charge in [0.1, 0.15) is 11.9 Å². The van der Waals surface area contributed by atoms with Gasteiger partial charge in [0.15, 0.2) is 0 Å². The topological polar surface area (TPSA) is 73.6 Å². The zero-order chi connectivity index (χ0) is 16.3. The third kappa shape index (κ3) is 3.61. The molecule has 8 heteroatoms. The summed E-state index contributed by atoms with van der Waals surface area (Å²) in [7, 11) is 0. The lowest BCUT2D eigenvalue weighted by atomic mass is 10.1. The zero-order valence-corrected chi connectivity index (χ0v) is 11.4. The molecule has 1 aliphatic heterocycles. The predicted octanol–water partition coefficient (Wildman–Crippen LogP) is 3.12. The van der Waals surface area contributed by atoms with E-state index in [1.165, 1.54) is 12.1 Å². The Morgan fingerprint density at radius 1 is 1.41 bits per heavy atom. The molecule has 22 heavy (non-hydrogen) atoms. The molecule has 1 aliphatic rings. The van der Waals surface area contributed by atoms with E-state index >= 15 is 0 Å². The monoisotopic (exact) mass is 314 g/mol. The standard InChI is InChI=1S/C14H13F3N2O3/c15-14(16,17)9-1-3-11(4-2-9)22-12-7-10(5-6-18)19(8-12)13(20)21/h1-4,10,12H,5,7-8H2,(H,20,21)/t10-,12-/m1/s1. The molecule has 1 heterocycles. The molecule has 1 aromatic carbocycles. The maximum atomic E-state index is 12.5. The number of halogens is 3. The number of carbonyl (C=O) groups is 1. The van der Waals surface area contributed by atoms with Crippen LogP contribution in [0.2, 0.25) is 0 Å². The van der Waals surface area contributed by atoms with Crippen molar-refractivity contribution in [1.29, 1.82) is 5.26 Å². The van der Waals surface area contributed by atoms with Crippen LogP contribution in [0, 0.1) is 11.3 Å². The minimum absolute atomic E-state index is 0.0547. The van der Waals surface area contributed by atoms with Gasteiger partial charge in [0.05, 0.1) is 30.6 Å². The van der Waals surface area contributed by atoms with Crippen molar-refractivity contribution in [3.05, 3.63) is 29.8 Å². The first-order valence-electron chi connectivity index (χ1n) is 6.51. The van der Waals surface area contributed by atoms with Crippen LogP contribution in [0.5, 0.6) is 5.75 Å². The quantitative estimate of drug-likeness (QED) is 0.930. The van der Waals surface area contributed by atoms with Crippen molar-refractivity contribution >= 4 is 6.09 Å². The van der Waals surface area contributed by atoms with Crippen LogP contribution in [0.15, 0.2) is 24.3 Å². The highest BCUT2D eigenvalue weighted by atomic mass is 19.4. The molecule has 0 unspecified atom stereocenters. The summed E-state index contributed by atoms with van der Waals surface area (Å²) in [6.45, 7) is 0.0860. The maximum Gasteiger partial charge on any atom is 0.416 e. The number of hydrogen-bond donors (Lipinski definition) is 1. The molecular weight excluding hydrogens is 301 g/mol. The Kier molecular flexibility index (Phi) is 4.45. The fourth-order valence-corrected chi connectivity index (χ4v) is 2.41.